The second-order valence-corrected chi connectivity index (χ2v) is 7.17. The van der Waals surface area contributed by atoms with E-state index in [0.717, 1.165) is 25.9 Å². The van der Waals surface area contributed by atoms with E-state index in [1.165, 1.54) is 6.42 Å². The first-order valence-corrected chi connectivity index (χ1v) is 8.28. The summed E-state index contributed by atoms with van der Waals surface area (Å²) < 4.78 is 0. The molecule has 0 bridgehead atoms. The van der Waals surface area contributed by atoms with Crippen molar-refractivity contribution in [3.63, 3.8) is 0 Å². The molecular weight excluding hydrogens is 290 g/mol. The van der Waals surface area contributed by atoms with Crippen LogP contribution in [0.15, 0.2) is 24.3 Å². The van der Waals surface area contributed by atoms with E-state index in [9.17, 15) is 9.59 Å². The van der Waals surface area contributed by atoms with Crippen LogP contribution in [0.4, 0.5) is 5.69 Å². The van der Waals surface area contributed by atoms with Gasteiger partial charge in [0.1, 0.15) is 0 Å². The number of hydrogen-bond donors (Lipinski definition) is 2. The van der Waals surface area contributed by atoms with Crippen molar-refractivity contribution in [2.45, 2.75) is 45.6 Å². The number of benzene rings is 1. The maximum absolute atomic E-state index is 12.2. The van der Waals surface area contributed by atoms with Crippen LogP contribution in [0.2, 0.25) is 0 Å². The summed E-state index contributed by atoms with van der Waals surface area (Å²) in [5.41, 5.74) is 0.925. The Morgan fingerprint density at radius 3 is 2.48 bits per heavy atom. The zero-order chi connectivity index (χ0) is 16.9. The fraction of sp³-hybridized carbons (Fsp3) is 0.556. The van der Waals surface area contributed by atoms with Gasteiger partial charge in [-0.15, -0.1) is 0 Å². The lowest BCUT2D eigenvalue weighted by atomic mass is 10.1. The molecule has 0 aromatic heterocycles. The molecule has 0 saturated carbocycles. The van der Waals surface area contributed by atoms with Crippen molar-refractivity contribution in [1.82, 2.24) is 10.2 Å². The van der Waals surface area contributed by atoms with Crippen molar-refractivity contribution in [3.05, 3.63) is 29.8 Å². The Balaban J connectivity index is 1.93. The SMILES string of the molecule is CC(C)(C)NC(=O)c1cccc(NC(=O)CN2CCCCC2)c1. The molecule has 0 atom stereocenters. The maximum atomic E-state index is 12.2. The van der Waals surface area contributed by atoms with Crippen LogP contribution < -0.4 is 10.6 Å². The number of likely N-dealkylation sites (tertiary alicyclic amines) is 1. The van der Waals surface area contributed by atoms with E-state index in [0.29, 0.717) is 17.8 Å². The maximum Gasteiger partial charge on any atom is 0.251 e. The summed E-state index contributed by atoms with van der Waals surface area (Å²) in [5.74, 6) is -0.162. The van der Waals surface area contributed by atoms with Gasteiger partial charge < -0.3 is 10.6 Å². The summed E-state index contributed by atoms with van der Waals surface area (Å²) in [6.07, 6.45) is 3.58. The number of piperidine rings is 1. The monoisotopic (exact) mass is 317 g/mol. The summed E-state index contributed by atoms with van der Waals surface area (Å²) in [4.78, 5) is 26.5. The standard InChI is InChI=1S/C18H27N3O2/c1-18(2,3)20-17(23)14-8-7-9-15(12-14)19-16(22)13-21-10-5-4-6-11-21/h7-9,12H,4-6,10-11,13H2,1-3H3,(H,19,22)(H,20,23). The first-order valence-electron chi connectivity index (χ1n) is 8.28. The lowest BCUT2D eigenvalue weighted by Gasteiger charge is -2.25. The third kappa shape index (κ3) is 6.02. The Kier molecular flexibility index (Phi) is 5.77. The number of amides is 2. The van der Waals surface area contributed by atoms with Crippen molar-refractivity contribution >= 4 is 17.5 Å². The van der Waals surface area contributed by atoms with Crippen LogP contribution in [-0.4, -0.2) is 41.9 Å². The number of carbonyl (C=O) groups excluding carboxylic acids is 2. The molecule has 23 heavy (non-hydrogen) atoms. The molecule has 2 N–H and O–H groups in total. The van der Waals surface area contributed by atoms with Crippen LogP contribution >= 0.6 is 0 Å². The highest BCUT2D eigenvalue weighted by atomic mass is 16.2. The van der Waals surface area contributed by atoms with Gasteiger partial charge in [-0.1, -0.05) is 12.5 Å². The van der Waals surface area contributed by atoms with Crippen LogP contribution in [-0.2, 0) is 4.79 Å². The van der Waals surface area contributed by atoms with Crippen LogP contribution in [0.1, 0.15) is 50.4 Å². The van der Waals surface area contributed by atoms with Gasteiger partial charge in [-0.3, -0.25) is 14.5 Å². The molecule has 0 aliphatic carbocycles. The van der Waals surface area contributed by atoms with E-state index in [2.05, 4.69) is 15.5 Å². The normalized spacial score (nSPS) is 16.0. The number of nitrogens with zero attached hydrogens (tertiary/aromatic N) is 1. The molecule has 2 amide bonds. The second kappa shape index (κ2) is 7.59. The molecule has 126 valence electrons. The van der Waals surface area contributed by atoms with E-state index >= 15 is 0 Å². The van der Waals surface area contributed by atoms with Gasteiger partial charge in [0.05, 0.1) is 6.54 Å². The Morgan fingerprint density at radius 2 is 1.83 bits per heavy atom. The molecule has 1 aliphatic rings. The molecule has 0 spiro atoms. The van der Waals surface area contributed by atoms with Gasteiger partial charge in [0, 0.05) is 16.8 Å². The third-order valence-corrected chi connectivity index (χ3v) is 3.71. The van der Waals surface area contributed by atoms with Gasteiger partial charge in [0.2, 0.25) is 5.91 Å². The highest BCUT2D eigenvalue weighted by molar-refractivity contribution is 5.97. The second-order valence-electron chi connectivity index (χ2n) is 7.17. The largest absolute Gasteiger partial charge is 0.347 e. The fourth-order valence-electron chi connectivity index (χ4n) is 2.67. The zero-order valence-corrected chi connectivity index (χ0v) is 14.3. The number of hydrogen-bond acceptors (Lipinski definition) is 3. The van der Waals surface area contributed by atoms with Gasteiger partial charge >= 0.3 is 0 Å². The van der Waals surface area contributed by atoms with Crippen molar-refractivity contribution in [3.8, 4) is 0 Å². The summed E-state index contributed by atoms with van der Waals surface area (Å²) in [6, 6.07) is 7.06. The average Bonchev–Trinajstić information content (AvgIpc) is 2.46. The number of rotatable bonds is 4. The fourth-order valence-corrected chi connectivity index (χ4v) is 2.67. The molecule has 2 rings (SSSR count). The van der Waals surface area contributed by atoms with Gasteiger partial charge in [0.25, 0.3) is 5.91 Å². The van der Waals surface area contributed by atoms with E-state index in [4.69, 9.17) is 0 Å². The number of nitrogens with one attached hydrogen (secondary N) is 2. The lowest BCUT2D eigenvalue weighted by Crippen LogP contribution is -2.40. The van der Waals surface area contributed by atoms with E-state index < -0.39 is 0 Å². The van der Waals surface area contributed by atoms with Gasteiger partial charge in [-0.2, -0.15) is 0 Å². The Morgan fingerprint density at radius 1 is 1.13 bits per heavy atom. The van der Waals surface area contributed by atoms with E-state index in [-0.39, 0.29) is 17.4 Å². The molecule has 0 radical (unpaired) electrons. The highest BCUT2D eigenvalue weighted by Gasteiger charge is 2.17. The lowest BCUT2D eigenvalue weighted by molar-refractivity contribution is -0.117. The van der Waals surface area contributed by atoms with Crippen molar-refractivity contribution in [2.75, 3.05) is 25.0 Å². The first kappa shape index (κ1) is 17.5. The predicted octanol–water partition coefficient (Wildman–Crippen LogP) is 2.64. The van der Waals surface area contributed by atoms with Gasteiger partial charge in [0.15, 0.2) is 0 Å². The van der Waals surface area contributed by atoms with Crippen LogP contribution in [0.5, 0.6) is 0 Å². The molecule has 5 nitrogen and oxygen atoms in total. The minimum absolute atomic E-state index is 0.0275. The highest BCUT2D eigenvalue weighted by Crippen LogP contribution is 2.13. The van der Waals surface area contributed by atoms with Crippen molar-refractivity contribution < 1.29 is 9.59 Å². The Bertz CT molecular complexity index is 558. The summed E-state index contributed by atoms with van der Waals surface area (Å²) in [7, 11) is 0. The zero-order valence-electron chi connectivity index (χ0n) is 14.3. The molecule has 1 saturated heterocycles. The summed E-state index contributed by atoms with van der Waals surface area (Å²) >= 11 is 0. The quantitative estimate of drug-likeness (QED) is 0.897. The molecule has 0 unspecified atom stereocenters. The topological polar surface area (TPSA) is 61.4 Å². The molecular formula is C18H27N3O2. The predicted molar refractivity (Wildman–Crippen MR) is 92.6 cm³/mol. The number of carbonyl (C=O) groups is 2. The minimum Gasteiger partial charge on any atom is -0.347 e. The molecule has 1 aromatic rings. The van der Waals surface area contributed by atoms with Crippen molar-refractivity contribution in [2.24, 2.45) is 0 Å². The van der Waals surface area contributed by atoms with Gasteiger partial charge in [-0.05, 0) is 64.9 Å². The van der Waals surface area contributed by atoms with Crippen LogP contribution in [0, 0.1) is 0 Å². The van der Waals surface area contributed by atoms with Crippen LogP contribution in [0.25, 0.3) is 0 Å². The Labute approximate surface area is 138 Å². The molecule has 5 heteroatoms. The molecule has 1 fully saturated rings. The molecule has 1 aromatic carbocycles. The third-order valence-electron chi connectivity index (χ3n) is 3.71. The molecule has 1 heterocycles. The van der Waals surface area contributed by atoms with Gasteiger partial charge in [-0.25, -0.2) is 0 Å². The average molecular weight is 317 g/mol. The summed E-state index contributed by atoms with van der Waals surface area (Å²) in [5, 5.41) is 5.81. The minimum atomic E-state index is -0.287. The molecule has 1 aliphatic heterocycles. The van der Waals surface area contributed by atoms with Crippen molar-refractivity contribution in [1.29, 1.82) is 0 Å². The van der Waals surface area contributed by atoms with E-state index in [1.807, 2.05) is 26.8 Å². The Hall–Kier alpha value is -1.88. The van der Waals surface area contributed by atoms with E-state index in [1.54, 1.807) is 18.2 Å². The smallest absolute Gasteiger partial charge is 0.251 e. The first-order chi connectivity index (χ1) is 10.8. The summed E-state index contributed by atoms with van der Waals surface area (Å²) in [6.45, 7) is 8.21. The van der Waals surface area contributed by atoms with Crippen LogP contribution in [0.3, 0.4) is 0 Å². The number of anilines is 1.